The fourth-order valence-corrected chi connectivity index (χ4v) is 2.79. The van der Waals surface area contributed by atoms with Crippen molar-refractivity contribution in [2.24, 2.45) is 0 Å². The lowest BCUT2D eigenvalue weighted by atomic mass is 10.0. The second-order valence-corrected chi connectivity index (χ2v) is 4.79. The quantitative estimate of drug-likeness (QED) is 0.522. The SMILES string of the molecule is c1sc2cccc(-c3cccc4ocnc34)c2[n+]#1. The fourth-order valence-electron chi connectivity index (χ4n) is 2.16. The average molecular weight is 251 g/mol. The molecule has 0 aliphatic rings. The van der Waals surface area contributed by atoms with E-state index in [4.69, 9.17) is 4.42 Å². The van der Waals surface area contributed by atoms with Gasteiger partial charge in [0.25, 0.3) is 0 Å². The van der Waals surface area contributed by atoms with Crippen LogP contribution in [0.2, 0.25) is 0 Å². The number of aromatic nitrogens is 2. The van der Waals surface area contributed by atoms with Crippen LogP contribution in [0.15, 0.2) is 47.2 Å². The monoisotopic (exact) mass is 251 g/mol. The van der Waals surface area contributed by atoms with E-state index in [1.165, 1.54) is 17.7 Å². The molecule has 0 spiro atoms. The second-order valence-electron chi connectivity index (χ2n) is 3.96. The lowest BCUT2D eigenvalue weighted by Gasteiger charge is -1.98. The predicted molar refractivity (Wildman–Crippen MR) is 69.3 cm³/mol. The van der Waals surface area contributed by atoms with Crippen LogP contribution < -0.4 is 4.98 Å². The van der Waals surface area contributed by atoms with E-state index in [-0.39, 0.29) is 0 Å². The van der Waals surface area contributed by atoms with Crippen LogP contribution in [0, 0.1) is 5.51 Å². The summed E-state index contributed by atoms with van der Waals surface area (Å²) in [6.07, 6.45) is 1.47. The minimum Gasteiger partial charge on any atom is -0.443 e. The maximum Gasteiger partial charge on any atom is 0.383 e. The highest BCUT2D eigenvalue weighted by Gasteiger charge is 2.17. The van der Waals surface area contributed by atoms with Gasteiger partial charge in [-0.1, -0.05) is 18.2 Å². The molecule has 0 radical (unpaired) electrons. The molecular formula is C14H7N2OS+. The summed E-state index contributed by atoms with van der Waals surface area (Å²) in [4.78, 5) is 8.61. The lowest BCUT2D eigenvalue weighted by Crippen LogP contribution is -1.91. The zero-order valence-corrected chi connectivity index (χ0v) is 10.1. The molecule has 0 amide bonds. The number of hydrogen-bond donors (Lipinski definition) is 0. The molecule has 0 aliphatic heterocycles. The molecule has 4 rings (SSSR count). The third kappa shape index (κ3) is 1.25. The molecule has 0 atom stereocenters. The number of oxazole rings is 1. The Hall–Kier alpha value is -2.38. The van der Waals surface area contributed by atoms with Crippen LogP contribution >= 0.6 is 11.3 Å². The van der Waals surface area contributed by atoms with Crippen molar-refractivity contribution in [2.45, 2.75) is 0 Å². The molecule has 4 heteroatoms. The topological polar surface area (TPSA) is 40.1 Å². The molecule has 2 aromatic heterocycles. The summed E-state index contributed by atoms with van der Waals surface area (Å²) < 4.78 is 6.47. The fraction of sp³-hybridized carbons (Fsp3) is 0. The van der Waals surface area contributed by atoms with Crippen LogP contribution in [-0.2, 0) is 0 Å². The van der Waals surface area contributed by atoms with Gasteiger partial charge in [-0.15, -0.1) is 0 Å². The Morgan fingerprint density at radius 1 is 1.11 bits per heavy atom. The van der Waals surface area contributed by atoms with E-state index >= 15 is 0 Å². The summed E-state index contributed by atoms with van der Waals surface area (Å²) in [6, 6.07) is 12.1. The Balaban J connectivity index is 2.13. The third-order valence-corrected chi connectivity index (χ3v) is 3.69. The summed E-state index contributed by atoms with van der Waals surface area (Å²) in [6.45, 7) is 0. The molecular weight excluding hydrogens is 244 g/mol. The maximum atomic E-state index is 5.34. The van der Waals surface area contributed by atoms with Gasteiger partial charge in [0.2, 0.25) is 0 Å². The highest BCUT2D eigenvalue weighted by Crippen LogP contribution is 2.31. The second kappa shape index (κ2) is 3.56. The molecule has 0 unspecified atom stereocenters. The molecule has 2 heterocycles. The number of rotatable bonds is 1. The highest BCUT2D eigenvalue weighted by molar-refractivity contribution is 7.15. The normalized spacial score (nSPS) is 10.9. The Bertz CT molecular complexity index is 775. The van der Waals surface area contributed by atoms with Crippen molar-refractivity contribution in [3.05, 3.63) is 48.3 Å². The van der Waals surface area contributed by atoms with Gasteiger partial charge in [0.1, 0.15) is 10.2 Å². The van der Waals surface area contributed by atoms with Gasteiger partial charge >= 0.3 is 11.0 Å². The minimum absolute atomic E-state index is 0.795. The van der Waals surface area contributed by atoms with Gasteiger partial charge in [0, 0.05) is 16.9 Å². The Labute approximate surface area is 107 Å². The van der Waals surface area contributed by atoms with Crippen molar-refractivity contribution in [3.8, 4) is 11.1 Å². The minimum atomic E-state index is 0.795. The third-order valence-electron chi connectivity index (χ3n) is 2.96. The van der Waals surface area contributed by atoms with Crippen molar-refractivity contribution >= 4 is 32.7 Å². The van der Waals surface area contributed by atoms with Gasteiger partial charge in [-0.25, -0.2) is 4.98 Å². The molecule has 0 bridgehead atoms. The van der Waals surface area contributed by atoms with Crippen molar-refractivity contribution in [1.29, 1.82) is 0 Å². The van der Waals surface area contributed by atoms with E-state index in [1.807, 2.05) is 24.3 Å². The van der Waals surface area contributed by atoms with Crippen LogP contribution in [0.1, 0.15) is 0 Å². The number of fused-ring (bicyclic) bond motifs is 2. The van der Waals surface area contributed by atoms with Crippen LogP contribution in [-0.4, -0.2) is 4.98 Å². The molecule has 0 fully saturated rings. The van der Waals surface area contributed by atoms with E-state index in [9.17, 15) is 0 Å². The van der Waals surface area contributed by atoms with Crippen LogP contribution in [0.3, 0.4) is 0 Å². The Kier molecular flexibility index (Phi) is 1.90. The van der Waals surface area contributed by atoms with Crippen LogP contribution in [0.4, 0.5) is 0 Å². The lowest BCUT2D eigenvalue weighted by molar-refractivity contribution is -0.253. The number of hydrogen-bond acceptors (Lipinski definition) is 3. The van der Waals surface area contributed by atoms with E-state index in [0.717, 1.165) is 32.4 Å². The molecule has 4 aromatic rings. The van der Waals surface area contributed by atoms with E-state index < -0.39 is 0 Å². The number of para-hydroxylation sites is 2. The highest BCUT2D eigenvalue weighted by atomic mass is 32.1. The van der Waals surface area contributed by atoms with Crippen LogP contribution in [0.5, 0.6) is 0 Å². The molecule has 2 aromatic carbocycles. The Morgan fingerprint density at radius 3 is 3.00 bits per heavy atom. The number of nitrogens with zero attached hydrogens (tertiary/aromatic N) is 2. The van der Waals surface area contributed by atoms with Crippen molar-refractivity contribution in [3.63, 3.8) is 0 Å². The van der Waals surface area contributed by atoms with Gasteiger partial charge in [-0.2, -0.15) is 0 Å². The summed E-state index contributed by atoms with van der Waals surface area (Å²) in [5.41, 5.74) is 7.70. The smallest absolute Gasteiger partial charge is 0.383 e. The molecule has 84 valence electrons. The van der Waals surface area contributed by atoms with E-state index in [0.29, 0.717) is 0 Å². The first-order chi connectivity index (χ1) is 8.93. The number of benzene rings is 2. The van der Waals surface area contributed by atoms with E-state index in [2.05, 4.69) is 27.6 Å². The first-order valence-electron chi connectivity index (χ1n) is 5.52. The average Bonchev–Trinajstić information content (AvgIpc) is 3.06. The molecule has 3 nitrogen and oxygen atoms in total. The van der Waals surface area contributed by atoms with Gasteiger partial charge < -0.3 is 4.42 Å². The first-order valence-corrected chi connectivity index (χ1v) is 6.33. The molecule has 0 N–H and O–H groups in total. The summed E-state index contributed by atoms with van der Waals surface area (Å²) >= 11 is 1.52. The van der Waals surface area contributed by atoms with Gasteiger partial charge in [-0.3, -0.25) is 0 Å². The molecule has 0 aliphatic carbocycles. The summed E-state index contributed by atoms with van der Waals surface area (Å²) in [5.74, 6) is 0. The first kappa shape index (κ1) is 9.63. The standard InChI is InChI=1S/C14H7N2OS/c1-3-9(13-11(5-1)17-7-15-13)10-4-2-6-12-14(10)16-8-18-12/h1-7H/q+1. The maximum absolute atomic E-state index is 5.34. The molecule has 18 heavy (non-hydrogen) atoms. The predicted octanol–water partition coefficient (Wildman–Crippen LogP) is 3.11. The van der Waals surface area contributed by atoms with Crippen molar-refractivity contribution in [2.75, 3.05) is 0 Å². The summed E-state index contributed by atoms with van der Waals surface area (Å²) in [5, 5.41) is 0. The molecule has 0 saturated heterocycles. The molecule has 0 saturated carbocycles. The van der Waals surface area contributed by atoms with Crippen molar-refractivity contribution in [1.82, 2.24) is 4.98 Å². The largest absolute Gasteiger partial charge is 0.443 e. The zero-order valence-electron chi connectivity index (χ0n) is 9.25. The van der Waals surface area contributed by atoms with Gasteiger partial charge in [0.15, 0.2) is 12.0 Å². The zero-order chi connectivity index (χ0) is 11.9. The van der Waals surface area contributed by atoms with E-state index in [1.54, 1.807) is 0 Å². The van der Waals surface area contributed by atoms with Gasteiger partial charge in [0.05, 0.1) is 5.56 Å². The Morgan fingerprint density at radius 2 is 2.00 bits per heavy atom. The van der Waals surface area contributed by atoms with Crippen LogP contribution in [0.25, 0.3) is 32.4 Å². The van der Waals surface area contributed by atoms with Gasteiger partial charge in [-0.05, 0) is 23.2 Å². The van der Waals surface area contributed by atoms with Crippen molar-refractivity contribution < 1.29 is 9.40 Å². The summed E-state index contributed by atoms with van der Waals surface area (Å²) in [7, 11) is 0.